The van der Waals surface area contributed by atoms with E-state index in [1.165, 1.54) is 0 Å². The second kappa shape index (κ2) is 6.19. The summed E-state index contributed by atoms with van der Waals surface area (Å²) < 4.78 is 0. The minimum Gasteiger partial charge on any atom is -0.369 e. The third-order valence-corrected chi connectivity index (χ3v) is 2.06. The van der Waals surface area contributed by atoms with Gasteiger partial charge in [0.05, 0.1) is 0 Å². The molecule has 19 heavy (non-hydrogen) atoms. The average Bonchev–Trinajstić information content (AvgIpc) is 2.25. The highest BCUT2D eigenvalue weighted by Gasteiger charge is 2.13. The maximum absolute atomic E-state index is 11.6. The number of hydrogen-bond donors (Lipinski definition) is 5. The van der Waals surface area contributed by atoms with Gasteiger partial charge < -0.3 is 21.8 Å². The van der Waals surface area contributed by atoms with Crippen LogP contribution in [0.4, 0.5) is 17.6 Å². The lowest BCUT2D eigenvalue weighted by Crippen LogP contribution is -2.41. The first-order valence-electron chi connectivity index (χ1n) is 5.96. The standard InChI is InChI=1S/C11H21N7O/c1-11(2,3)17-9(19)4-5-14-7-6-8(18-13)16-10(12)15-7/h6H,4-5,13H2,1-3H3,(H,17,19)(H4,12,14,15,16,18). The van der Waals surface area contributed by atoms with E-state index in [4.69, 9.17) is 11.6 Å². The molecule has 0 saturated heterocycles. The number of hydrogen-bond acceptors (Lipinski definition) is 7. The SMILES string of the molecule is CC(C)(C)NC(=O)CCNc1cc(NN)nc(N)n1. The topological polar surface area (TPSA) is 131 Å². The number of nitrogens with one attached hydrogen (secondary N) is 3. The van der Waals surface area contributed by atoms with Crippen LogP contribution in [0, 0.1) is 0 Å². The van der Waals surface area contributed by atoms with Gasteiger partial charge in [0.25, 0.3) is 0 Å². The molecule has 106 valence electrons. The average molecular weight is 267 g/mol. The van der Waals surface area contributed by atoms with Crippen molar-refractivity contribution in [2.24, 2.45) is 5.84 Å². The molecule has 0 aliphatic heterocycles. The van der Waals surface area contributed by atoms with Crippen molar-refractivity contribution in [3.63, 3.8) is 0 Å². The number of nitrogens with two attached hydrogens (primary N) is 2. The van der Waals surface area contributed by atoms with Gasteiger partial charge in [-0.15, -0.1) is 0 Å². The van der Waals surface area contributed by atoms with Crippen LogP contribution in [0.3, 0.4) is 0 Å². The van der Waals surface area contributed by atoms with Crippen molar-refractivity contribution in [1.29, 1.82) is 0 Å². The first-order chi connectivity index (χ1) is 8.80. The van der Waals surface area contributed by atoms with Crippen LogP contribution in [0.5, 0.6) is 0 Å². The number of amides is 1. The van der Waals surface area contributed by atoms with E-state index in [1.807, 2.05) is 20.8 Å². The van der Waals surface area contributed by atoms with Crippen molar-refractivity contribution in [3.8, 4) is 0 Å². The lowest BCUT2D eigenvalue weighted by molar-refractivity contribution is -0.122. The quantitative estimate of drug-likeness (QED) is 0.376. The Morgan fingerprint density at radius 2 is 1.95 bits per heavy atom. The van der Waals surface area contributed by atoms with Gasteiger partial charge in [0, 0.05) is 24.6 Å². The van der Waals surface area contributed by atoms with Crippen LogP contribution in [-0.2, 0) is 4.79 Å². The molecule has 0 unspecified atom stereocenters. The minimum atomic E-state index is -0.229. The highest BCUT2D eigenvalue weighted by molar-refractivity contribution is 5.77. The zero-order valence-electron chi connectivity index (χ0n) is 11.4. The summed E-state index contributed by atoms with van der Waals surface area (Å²) in [6, 6.07) is 1.61. The molecule has 0 radical (unpaired) electrons. The largest absolute Gasteiger partial charge is 0.369 e. The predicted molar refractivity (Wildman–Crippen MR) is 75.3 cm³/mol. The molecule has 0 bridgehead atoms. The number of nitrogens with zero attached hydrogens (tertiary/aromatic N) is 2. The summed E-state index contributed by atoms with van der Waals surface area (Å²) in [6.07, 6.45) is 0.340. The van der Waals surface area contributed by atoms with Crippen molar-refractivity contribution >= 4 is 23.5 Å². The molecule has 0 saturated carbocycles. The molecule has 1 rings (SSSR count). The van der Waals surface area contributed by atoms with E-state index in [0.29, 0.717) is 24.6 Å². The summed E-state index contributed by atoms with van der Waals surface area (Å²) in [5.41, 5.74) is 7.67. The summed E-state index contributed by atoms with van der Waals surface area (Å²) in [6.45, 7) is 6.25. The van der Waals surface area contributed by atoms with E-state index in [2.05, 4.69) is 26.0 Å². The first-order valence-corrected chi connectivity index (χ1v) is 5.96. The molecular formula is C11H21N7O. The highest BCUT2D eigenvalue weighted by Crippen LogP contribution is 2.11. The maximum atomic E-state index is 11.6. The van der Waals surface area contributed by atoms with Crippen molar-refractivity contribution in [3.05, 3.63) is 6.07 Å². The lowest BCUT2D eigenvalue weighted by Gasteiger charge is -2.20. The van der Waals surface area contributed by atoms with Gasteiger partial charge in [-0.3, -0.25) is 4.79 Å². The van der Waals surface area contributed by atoms with Gasteiger partial charge in [0.2, 0.25) is 11.9 Å². The van der Waals surface area contributed by atoms with Crippen LogP contribution >= 0.6 is 0 Å². The number of carbonyl (C=O) groups excluding carboxylic acids is 1. The number of anilines is 3. The molecule has 1 aromatic heterocycles. The molecule has 1 heterocycles. The maximum Gasteiger partial charge on any atom is 0.223 e. The van der Waals surface area contributed by atoms with Crippen LogP contribution in [0.25, 0.3) is 0 Å². The molecule has 1 aromatic rings. The van der Waals surface area contributed by atoms with Crippen molar-refractivity contribution in [1.82, 2.24) is 15.3 Å². The molecule has 0 aliphatic carbocycles. The van der Waals surface area contributed by atoms with Crippen molar-refractivity contribution < 1.29 is 4.79 Å². The summed E-state index contributed by atoms with van der Waals surface area (Å²) in [7, 11) is 0. The monoisotopic (exact) mass is 267 g/mol. The Balaban J connectivity index is 2.45. The molecule has 8 heteroatoms. The Morgan fingerprint density at radius 3 is 2.53 bits per heavy atom. The molecule has 8 nitrogen and oxygen atoms in total. The van der Waals surface area contributed by atoms with Gasteiger partial charge in [-0.2, -0.15) is 9.97 Å². The Bertz CT molecular complexity index is 441. The first kappa shape index (κ1) is 15.0. The van der Waals surface area contributed by atoms with Gasteiger partial charge in [0.1, 0.15) is 11.6 Å². The summed E-state index contributed by atoms with van der Waals surface area (Å²) >= 11 is 0. The number of aromatic nitrogens is 2. The van der Waals surface area contributed by atoms with Gasteiger partial charge in [-0.25, -0.2) is 5.84 Å². The predicted octanol–water partition coefficient (Wildman–Crippen LogP) is 0.0611. The number of nitrogen functional groups attached to an aromatic ring is 2. The molecule has 1 amide bonds. The van der Waals surface area contributed by atoms with Gasteiger partial charge in [-0.05, 0) is 20.8 Å². The molecule has 0 aromatic carbocycles. The van der Waals surface area contributed by atoms with E-state index in [1.54, 1.807) is 6.07 Å². The minimum absolute atomic E-state index is 0.0285. The molecule has 7 N–H and O–H groups in total. The van der Waals surface area contributed by atoms with E-state index in [0.717, 1.165) is 0 Å². The molecule has 0 spiro atoms. The fourth-order valence-corrected chi connectivity index (χ4v) is 1.42. The van der Waals surface area contributed by atoms with E-state index in [-0.39, 0.29) is 17.4 Å². The van der Waals surface area contributed by atoms with E-state index in [9.17, 15) is 4.79 Å². The molecular weight excluding hydrogens is 246 g/mol. The summed E-state index contributed by atoms with van der Waals surface area (Å²) in [5.74, 6) is 6.25. The van der Waals surface area contributed by atoms with E-state index >= 15 is 0 Å². The van der Waals surface area contributed by atoms with Gasteiger partial charge >= 0.3 is 0 Å². The number of hydrazine groups is 1. The number of carbonyl (C=O) groups is 1. The molecule has 0 aliphatic rings. The second-order valence-electron chi connectivity index (χ2n) is 5.12. The third kappa shape index (κ3) is 5.87. The third-order valence-electron chi connectivity index (χ3n) is 2.06. The molecule has 0 fully saturated rings. The van der Waals surface area contributed by atoms with Crippen LogP contribution in [0.2, 0.25) is 0 Å². The normalized spacial score (nSPS) is 10.9. The van der Waals surface area contributed by atoms with Crippen LogP contribution in [0.15, 0.2) is 6.07 Å². The summed E-state index contributed by atoms with van der Waals surface area (Å²) in [5, 5.41) is 5.86. The van der Waals surface area contributed by atoms with Gasteiger partial charge in [0.15, 0.2) is 0 Å². The zero-order chi connectivity index (χ0) is 14.5. The Labute approximate surface area is 112 Å². The fraction of sp³-hybridized carbons (Fsp3) is 0.545. The Kier molecular flexibility index (Phi) is 4.87. The second-order valence-corrected chi connectivity index (χ2v) is 5.12. The van der Waals surface area contributed by atoms with Gasteiger partial charge in [-0.1, -0.05) is 0 Å². The Morgan fingerprint density at radius 1 is 1.32 bits per heavy atom. The fourth-order valence-electron chi connectivity index (χ4n) is 1.42. The summed E-state index contributed by atoms with van der Waals surface area (Å²) in [4.78, 5) is 19.4. The van der Waals surface area contributed by atoms with E-state index < -0.39 is 0 Å². The Hall–Kier alpha value is -2.09. The zero-order valence-corrected chi connectivity index (χ0v) is 11.4. The number of rotatable bonds is 5. The van der Waals surface area contributed by atoms with Crippen LogP contribution in [-0.4, -0.2) is 28.0 Å². The lowest BCUT2D eigenvalue weighted by atomic mass is 10.1. The molecule has 0 atom stereocenters. The smallest absolute Gasteiger partial charge is 0.223 e. The highest BCUT2D eigenvalue weighted by atomic mass is 16.1. The van der Waals surface area contributed by atoms with Crippen molar-refractivity contribution in [2.75, 3.05) is 23.0 Å². The van der Waals surface area contributed by atoms with Crippen LogP contribution < -0.4 is 27.6 Å². The van der Waals surface area contributed by atoms with Crippen molar-refractivity contribution in [2.45, 2.75) is 32.7 Å². The van der Waals surface area contributed by atoms with Crippen LogP contribution in [0.1, 0.15) is 27.2 Å².